The molecule has 0 unspecified atom stereocenters. The van der Waals surface area contributed by atoms with Gasteiger partial charge in [-0.05, 0) is 5.56 Å². The molecular weight excluding hydrogens is 212 g/mol. The molecule has 1 aromatic rings. The summed E-state index contributed by atoms with van der Waals surface area (Å²) in [5, 5.41) is 9.56. The number of ether oxygens (including phenoxy) is 1. The Morgan fingerprint density at radius 1 is 1.50 bits per heavy atom. The molecule has 16 heavy (non-hydrogen) atoms. The second kappa shape index (κ2) is 5.69. The van der Waals surface area contributed by atoms with E-state index < -0.39 is 17.0 Å². The van der Waals surface area contributed by atoms with Gasteiger partial charge in [-0.15, -0.1) is 5.43 Å². The molecule has 0 saturated heterocycles. The van der Waals surface area contributed by atoms with E-state index in [1.807, 2.05) is 11.5 Å². The normalized spacial score (nSPS) is 11.6. The number of nitrogens with one attached hydrogen (secondary N) is 1. The average Bonchev–Trinajstić information content (AvgIpc) is 2.28. The zero-order valence-electron chi connectivity index (χ0n) is 8.75. The van der Waals surface area contributed by atoms with Gasteiger partial charge in [0.2, 0.25) is 0 Å². The Bertz CT molecular complexity index is 366. The first kappa shape index (κ1) is 12.0. The van der Waals surface area contributed by atoms with Crippen LogP contribution in [0.3, 0.4) is 0 Å². The number of methoxy groups -OCH3 is 1. The maximum atomic E-state index is 11.3. The smallest absolute Gasteiger partial charge is 0.334 e. The summed E-state index contributed by atoms with van der Waals surface area (Å²) in [4.78, 5) is 21.6. The average molecular weight is 224 g/mol. The van der Waals surface area contributed by atoms with Gasteiger partial charge in [0.05, 0.1) is 7.11 Å². The number of carbonyl (C=O) groups excluding carboxylic acids is 1. The first-order chi connectivity index (χ1) is 7.63. The summed E-state index contributed by atoms with van der Waals surface area (Å²) in [6, 6.07) is 8.04. The molecule has 0 aliphatic rings. The molecule has 0 aliphatic carbocycles. The molecule has 6 nitrogen and oxygen atoms in total. The number of hydrazine groups is 1. The molecule has 0 saturated carbocycles. The van der Waals surface area contributed by atoms with Gasteiger partial charge in [-0.3, -0.25) is 0 Å². The summed E-state index contributed by atoms with van der Waals surface area (Å²) in [5.74, 6) is -0.652. The van der Waals surface area contributed by atoms with Gasteiger partial charge in [0.25, 0.3) is 0 Å². The van der Waals surface area contributed by atoms with Crippen LogP contribution in [0.4, 0.5) is 0 Å². The van der Waals surface area contributed by atoms with Crippen LogP contribution < -0.4 is 5.43 Å². The SMILES string of the molecule is COC(=O)[C@H](Cc1ccccc1)N[N+](=O)[O-]. The van der Waals surface area contributed by atoms with E-state index in [-0.39, 0.29) is 6.42 Å². The highest BCUT2D eigenvalue weighted by Crippen LogP contribution is 2.04. The van der Waals surface area contributed by atoms with Crippen molar-refractivity contribution in [2.75, 3.05) is 7.11 Å². The molecule has 0 bridgehead atoms. The van der Waals surface area contributed by atoms with Crippen molar-refractivity contribution < 1.29 is 14.6 Å². The number of nitrogens with zero attached hydrogens (tertiary/aromatic N) is 1. The van der Waals surface area contributed by atoms with Crippen LogP contribution >= 0.6 is 0 Å². The van der Waals surface area contributed by atoms with Crippen molar-refractivity contribution in [3.8, 4) is 0 Å². The third-order valence-electron chi connectivity index (χ3n) is 2.03. The highest BCUT2D eigenvalue weighted by atomic mass is 16.7. The fraction of sp³-hybridized carbons (Fsp3) is 0.300. The van der Waals surface area contributed by atoms with E-state index >= 15 is 0 Å². The molecule has 86 valence electrons. The Balaban J connectivity index is 2.70. The zero-order chi connectivity index (χ0) is 12.0. The molecule has 0 fully saturated rings. The zero-order valence-corrected chi connectivity index (χ0v) is 8.75. The minimum Gasteiger partial charge on any atom is -0.467 e. The van der Waals surface area contributed by atoms with Gasteiger partial charge in [-0.1, -0.05) is 30.3 Å². The molecule has 1 N–H and O–H groups in total. The van der Waals surface area contributed by atoms with E-state index in [1.165, 1.54) is 7.11 Å². The molecule has 1 aromatic carbocycles. The van der Waals surface area contributed by atoms with Crippen molar-refractivity contribution in [3.05, 3.63) is 46.0 Å². The van der Waals surface area contributed by atoms with Crippen LogP contribution in [0.15, 0.2) is 30.3 Å². The molecular formula is C10H12N2O4. The predicted octanol–water partition coefficient (Wildman–Crippen LogP) is 0.552. The lowest BCUT2D eigenvalue weighted by Crippen LogP contribution is -2.42. The number of esters is 1. The summed E-state index contributed by atoms with van der Waals surface area (Å²) < 4.78 is 4.48. The van der Waals surface area contributed by atoms with Crippen molar-refractivity contribution in [2.24, 2.45) is 0 Å². The first-order valence-corrected chi connectivity index (χ1v) is 4.66. The first-order valence-electron chi connectivity index (χ1n) is 4.66. The van der Waals surface area contributed by atoms with Crippen LogP contribution in [0.5, 0.6) is 0 Å². The van der Waals surface area contributed by atoms with Gasteiger partial charge in [0.15, 0.2) is 11.1 Å². The largest absolute Gasteiger partial charge is 0.467 e. The van der Waals surface area contributed by atoms with Crippen LogP contribution in [-0.4, -0.2) is 24.2 Å². The third-order valence-corrected chi connectivity index (χ3v) is 2.03. The van der Waals surface area contributed by atoms with E-state index in [0.717, 1.165) is 5.56 Å². The van der Waals surface area contributed by atoms with Gasteiger partial charge in [0.1, 0.15) is 0 Å². The summed E-state index contributed by atoms with van der Waals surface area (Å²) in [6.45, 7) is 0. The number of nitro groups is 1. The van der Waals surface area contributed by atoms with E-state index in [4.69, 9.17) is 0 Å². The Hall–Kier alpha value is -2.11. The summed E-state index contributed by atoms with van der Waals surface area (Å²) in [7, 11) is 1.20. The molecule has 0 aromatic heterocycles. The lowest BCUT2D eigenvalue weighted by atomic mass is 10.1. The Kier molecular flexibility index (Phi) is 4.26. The Labute approximate surface area is 92.3 Å². The highest BCUT2D eigenvalue weighted by Gasteiger charge is 2.23. The lowest BCUT2D eigenvalue weighted by molar-refractivity contribution is -0.548. The number of carbonyl (C=O) groups is 1. The molecule has 0 spiro atoms. The van der Waals surface area contributed by atoms with E-state index in [1.54, 1.807) is 24.3 Å². The van der Waals surface area contributed by atoms with Crippen molar-refractivity contribution in [1.29, 1.82) is 0 Å². The standard InChI is InChI=1S/C10H12N2O4/c1-16-10(13)9(11-12(14)15)7-8-5-3-2-4-6-8/h2-6,9,11H,7H2,1H3/t9-/m0/s1. The maximum absolute atomic E-state index is 11.3. The number of benzene rings is 1. The molecule has 0 amide bonds. The molecule has 0 aliphatic heterocycles. The summed E-state index contributed by atoms with van der Waals surface area (Å²) in [5.41, 5.74) is 2.75. The van der Waals surface area contributed by atoms with Crippen molar-refractivity contribution in [2.45, 2.75) is 12.5 Å². The van der Waals surface area contributed by atoms with Gasteiger partial charge >= 0.3 is 5.97 Å². The Morgan fingerprint density at radius 3 is 2.62 bits per heavy atom. The fourth-order valence-electron chi connectivity index (χ4n) is 1.30. The number of hydrogen-bond acceptors (Lipinski definition) is 4. The van der Waals surface area contributed by atoms with Crippen LogP contribution in [0.1, 0.15) is 5.56 Å². The molecule has 6 heteroatoms. The third kappa shape index (κ3) is 3.56. The minimum absolute atomic E-state index is 0.217. The van der Waals surface area contributed by atoms with Crippen molar-refractivity contribution in [3.63, 3.8) is 0 Å². The van der Waals surface area contributed by atoms with E-state index in [9.17, 15) is 14.9 Å². The number of rotatable bonds is 5. The van der Waals surface area contributed by atoms with Gasteiger partial charge in [-0.2, -0.15) is 0 Å². The second-order valence-electron chi connectivity index (χ2n) is 3.15. The van der Waals surface area contributed by atoms with Gasteiger partial charge < -0.3 is 4.74 Å². The highest BCUT2D eigenvalue weighted by molar-refractivity contribution is 5.75. The minimum atomic E-state index is -0.970. The van der Waals surface area contributed by atoms with Gasteiger partial charge in [0, 0.05) is 6.42 Å². The van der Waals surface area contributed by atoms with Crippen molar-refractivity contribution >= 4 is 5.97 Å². The summed E-state index contributed by atoms with van der Waals surface area (Å²) in [6.07, 6.45) is 0.217. The van der Waals surface area contributed by atoms with Gasteiger partial charge in [-0.25, -0.2) is 14.9 Å². The molecule has 0 radical (unpaired) electrons. The monoisotopic (exact) mass is 224 g/mol. The van der Waals surface area contributed by atoms with E-state index in [2.05, 4.69) is 4.74 Å². The number of hydrogen-bond donors (Lipinski definition) is 1. The second-order valence-corrected chi connectivity index (χ2v) is 3.15. The Morgan fingerprint density at radius 2 is 2.12 bits per heavy atom. The molecule has 1 rings (SSSR count). The fourth-order valence-corrected chi connectivity index (χ4v) is 1.30. The van der Waals surface area contributed by atoms with E-state index in [0.29, 0.717) is 0 Å². The van der Waals surface area contributed by atoms with Crippen molar-refractivity contribution in [1.82, 2.24) is 5.43 Å². The molecule has 0 heterocycles. The maximum Gasteiger partial charge on any atom is 0.334 e. The quantitative estimate of drug-likeness (QED) is 0.448. The summed E-state index contributed by atoms with van der Waals surface area (Å²) >= 11 is 0. The predicted molar refractivity (Wildman–Crippen MR) is 56.1 cm³/mol. The van der Waals surface area contributed by atoms with Crippen LogP contribution in [0.2, 0.25) is 0 Å². The van der Waals surface area contributed by atoms with Crippen LogP contribution in [0, 0.1) is 10.1 Å². The van der Waals surface area contributed by atoms with Crippen LogP contribution in [-0.2, 0) is 16.0 Å². The topological polar surface area (TPSA) is 81.5 Å². The van der Waals surface area contributed by atoms with Crippen LogP contribution in [0.25, 0.3) is 0 Å². The molecule has 1 atom stereocenters. The lowest BCUT2D eigenvalue weighted by Gasteiger charge is -2.11.